The molecular weight excluding hydrogens is 361 g/mol. The first-order valence-electron chi connectivity index (χ1n) is 7.95. The smallest absolute Gasteiger partial charge is 0.366 e. The van der Waals surface area contributed by atoms with Gasteiger partial charge >= 0.3 is 6.18 Å². The third-order valence-corrected chi connectivity index (χ3v) is 3.94. The number of H-pyrrole nitrogens is 1. The summed E-state index contributed by atoms with van der Waals surface area (Å²) in [5, 5.41) is 0.707. The molecule has 9 heteroatoms. The van der Waals surface area contributed by atoms with Gasteiger partial charge in [0.05, 0.1) is 6.42 Å². The van der Waals surface area contributed by atoms with Crippen molar-refractivity contribution in [2.75, 3.05) is 0 Å². The van der Waals surface area contributed by atoms with Gasteiger partial charge < -0.3 is 15.3 Å². The van der Waals surface area contributed by atoms with E-state index in [4.69, 9.17) is 5.73 Å². The molecule has 0 spiro atoms. The molecule has 0 bridgehead atoms. The normalized spacial score (nSPS) is 12.1. The molecule has 0 fully saturated rings. The van der Waals surface area contributed by atoms with Crippen LogP contribution in [0.3, 0.4) is 0 Å². The Bertz CT molecular complexity index is 1080. The molecule has 0 aromatic carbocycles. The van der Waals surface area contributed by atoms with Crippen LogP contribution >= 0.6 is 0 Å². The molecule has 3 aromatic heterocycles. The van der Waals surface area contributed by atoms with Gasteiger partial charge in [0.15, 0.2) is 0 Å². The van der Waals surface area contributed by atoms with Gasteiger partial charge in [0.2, 0.25) is 5.91 Å². The van der Waals surface area contributed by atoms with Gasteiger partial charge in [-0.05, 0) is 23.8 Å². The van der Waals surface area contributed by atoms with E-state index in [0.717, 1.165) is 4.57 Å². The van der Waals surface area contributed by atoms with Crippen LogP contribution in [-0.4, -0.2) is 26.6 Å². The summed E-state index contributed by atoms with van der Waals surface area (Å²) >= 11 is 0. The van der Waals surface area contributed by atoms with Crippen molar-refractivity contribution in [3.05, 3.63) is 58.8 Å². The molecule has 0 aliphatic heterocycles. The molecule has 3 aromatic rings. The standard InChI is InChI=1S/C18H15F3N4O2/c19-18(20,21)5-6-25-10-12(2-4-16(25)27)13-7-14-11(1-3-15(22)26)8-23-17(14)24-9-13/h1-4,7-10H,5-6H2,(H2,22,26)(H,23,24). The van der Waals surface area contributed by atoms with Gasteiger partial charge in [0.1, 0.15) is 5.65 Å². The molecular formula is C18H15F3N4O2. The molecule has 27 heavy (non-hydrogen) atoms. The highest BCUT2D eigenvalue weighted by atomic mass is 19.4. The van der Waals surface area contributed by atoms with E-state index in [1.54, 1.807) is 18.5 Å². The van der Waals surface area contributed by atoms with Crippen LogP contribution in [0.1, 0.15) is 12.0 Å². The lowest BCUT2D eigenvalue weighted by Gasteiger charge is -2.10. The Morgan fingerprint density at radius 3 is 2.78 bits per heavy atom. The molecule has 0 aliphatic rings. The second kappa shape index (κ2) is 7.10. The van der Waals surface area contributed by atoms with Crippen LogP contribution in [0.4, 0.5) is 13.2 Å². The van der Waals surface area contributed by atoms with Gasteiger partial charge in [-0.3, -0.25) is 9.59 Å². The van der Waals surface area contributed by atoms with Crippen molar-refractivity contribution in [2.45, 2.75) is 19.1 Å². The highest BCUT2D eigenvalue weighted by Gasteiger charge is 2.26. The topological polar surface area (TPSA) is 93.8 Å². The highest BCUT2D eigenvalue weighted by Crippen LogP contribution is 2.25. The SMILES string of the molecule is NC(=O)C=Cc1c[nH]c2ncc(-c3ccc(=O)n(CCC(F)(F)F)c3)cc12. The van der Waals surface area contributed by atoms with Crippen LogP contribution in [-0.2, 0) is 11.3 Å². The predicted molar refractivity (Wildman–Crippen MR) is 94.7 cm³/mol. The van der Waals surface area contributed by atoms with E-state index in [1.165, 1.54) is 30.5 Å². The van der Waals surface area contributed by atoms with Crippen molar-refractivity contribution in [3.8, 4) is 11.1 Å². The number of pyridine rings is 2. The number of hydrogen-bond donors (Lipinski definition) is 2. The Balaban J connectivity index is 1.98. The number of fused-ring (bicyclic) bond motifs is 1. The number of alkyl halides is 3. The number of carbonyl (C=O) groups is 1. The summed E-state index contributed by atoms with van der Waals surface area (Å²) in [4.78, 5) is 30.0. The van der Waals surface area contributed by atoms with E-state index in [2.05, 4.69) is 9.97 Å². The Morgan fingerprint density at radius 2 is 2.07 bits per heavy atom. The Hall–Kier alpha value is -3.36. The van der Waals surface area contributed by atoms with E-state index in [-0.39, 0.29) is 0 Å². The number of aromatic nitrogens is 3. The molecule has 0 saturated carbocycles. The fourth-order valence-corrected chi connectivity index (χ4v) is 2.62. The number of nitrogens with one attached hydrogen (secondary N) is 1. The largest absolute Gasteiger partial charge is 0.390 e. The monoisotopic (exact) mass is 376 g/mol. The number of hydrogen-bond acceptors (Lipinski definition) is 3. The molecule has 0 aliphatic carbocycles. The van der Waals surface area contributed by atoms with Crippen LogP contribution in [0.5, 0.6) is 0 Å². The second-order valence-corrected chi connectivity index (χ2v) is 5.91. The zero-order valence-electron chi connectivity index (χ0n) is 14.0. The summed E-state index contributed by atoms with van der Waals surface area (Å²) < 4.78 is 38.3. The highest BCUT2D eigenvalue weighted by molar-refractivity contribution is 5.95. The van der Waals surface area contributed by atoms with Gasteiger partial charge in [-0.15, -0.1) is 0 Å². The average molecular weight is 376 g/mol. The quantitative estimate of drug-likeness (QED) is 0.671. The molecule has 1 amide bonds. The first kappa shape index (κ1) is 18.4. The third kappa shape index (κ3) is 4.43. The van der Waals surface area contributed by atoms with Gasteiger partial charge in [-0.1, -0.05) is 0 Å². The van der Waals surface area contributed by atoms with Gasteiger partial charge in [0.25, 0.3) is 5.56 Å². The lowest BCUT2D eigenvalue weighted by molar-refractivity contribution is -0.136. The lowest BCUT2D eigenvalue weighted by Crippen LogP contribution is -2.22. The van der Waals surface area contributed by atoms with E-state index in [1.807, 2.05) is 0 Å². The Labute approximate surface area is 151 Å². The third-order valence-electron chi connectivity index (χ3n) is 3.94. The van der Waals surface area contributed by atoms with Crippen LogP contribution in [0, 0.1) is 0 Å². The van der Waals surface area contributed by atoms with Crippen molar-refractivity contribution in [3.63, 3.8) is 0 Å². The summed E-state index contributed by atoms with van der Waals surface area (Å²) in [5.74, 6) is -0.592. The first-order valence-corrected chi connectivity index (χ1v) is 7.95. The number of nitrogens with two attached hydrogens (primary N) is 1. The summed E-state index contributed by atoms with van der Waals surface area (Å²) in [6.07, 6.45) is 1.90. The van der Waals surface area contributed by atoms with E-state index in [9.17, 15) is 22.8 Å². The number of amides is 1. The number of aromatic amines is 1. The van der Waals surface area contributed by atoms with E-state index < -0.39 is 30.6 Å². The van der Waals surface area contributed by atoms with Crippen LogP contribution in [0.15, 0.2) is 47.7 Å². The summed E-state index contributed by atoms with van der Waals surface area (Å²) in [7, 11) is 0. The number of rotatable bonds is 5. The Kier molecular flexibility index (Phi) is 4.85. The second-order valence-electron chi connectivity index (χ2n) is 5.91. The lowest BCUT2D eigenvalue weighted by atomic mass is 10.1. The number of aryl methyl sites for hydroxylation is 1. The Morgan fingerprint density at radius 1 is 1.30 bits per heavy atom. The van der Waals surface area contributed by atoms with E-state index in [0.29, 0.717) is 27.7 Å². The van der Waals surface area contributed by atoms with Gasteiger partial charge in [0, 0.05) is 53.8 Å². The zero-order valence-corrected chi connectivity index (χ0v) is 14.0. The van der Waals surface area contributed by atoms with Gasteiger partial charge in [-0.2, -0.15) is 13.2 Å². The minimum atomic E-state index is -4.34. The molecule has 0 saturated heterocycles. The van der Waals surface area contributed by atoms with Crippen molar-refractivity contribution >= 4 is 23.0 Å². The molecule has 0 radical (unpaired) electrons. The maximum absolute atomic E-state index is 12.4. The fourth-order valence-electron chi connectivity index (χ4n) is 2.62. The van der Waals surface area contributed by atoms with Crippen LogP contribution in [0.25, 0.3) is 28.2 Å². The minimum absolute atomic E-state index is 0.456. The van der Waals surface area contributed by atoms with Gasteiger partial charge in [-0.25, -0.2) is 4.98 Å². The number of halogens is 3. The molecule has 0 unspecified atom stereocenters. The van der Waals surface area contributed by atoms with Crippen molar-refractivity contribution < 1.29 is 18.0 Å². The van der Waals surface area contributed by atoms with Crippen LogP contribution < -0.4 is 11.3 Å². The number of carbonyl (C=O) groups excluding carboxylic acids is 1. The van der Waals surface area contributed by atoms with Crippen molar-refractivity contribution in [2.24, 2.45) is 5.73 Å². The number of primary amides is 1. The van der Waals surface area contributed by atoms with Crippen molar-refractivity contribution in [1.82, 2.24) is 14.5 Å². The molecule has 0 atom stereocenters. The molecule has 3 rings (SSSR count). The summed E-state index contributed by atoms with van der Waals surface area (Å²) in [6, 6.07) is 4.52. The summed E-state index contributed by atoms with van der Waals surface area (Å²) in [5.41, 5.74) is 7.03. The van der Waals surface area contributed by atoms with E-state index >= 15 is 0 Å². The molecule has 140 valence electrons. The maximum Gasteiger partial charge on any atom is 0.390 e. The zero-order chi connectivity index (χ0) is 19.6. The predicted octanol–water partition coefficient (Wildman–Crippen LogP) is 2.84. The number of nitrogens with zero attached hydrogens (tertiary/aromatic N) is 2. The molecule has 3 N–H and O–H groups in total. The average Bonchev–Trinajstić information content (AvgIpc) is 3.00. The fraction of sp³-hybridized carbons (Fsp3) is 0.167. The molecule has 6 nitrogen and oxygen atoms in total. The molecule has 3 heterocycles. The van der Waals surface area contributed by atoms with Crippen molar-refractivity contribution in [1.29, 1.82) is 0 Å². The summed E-state index contributed by atoms with van der Waals surface area (Å²) in [6.45, 7) is -0.456. The first-order chi connectivity index (χ1) is 12.7. The maximum atomic E-state index is 12.4. The van der Waals surface area contributed by atoms with Crippen LogP contribution in [0.2, 0.25) is 0 Å². The minimum Gasteiger partial charge on any atom is -0.366 e.